The molecule has 36 heavy (non-hydrogen) atoms. The Morgan fingerprint density at radius 3 is 2.33 bits per heavy atom. The molecule has 0 spiro atoms. The number of carbonyl (C=O) groups is 1. The van der Waals surface area contributed by atoms with Gasteiger partial charge in [0.15, 0.2) is 0 Å². The van der Waals surface area contributed by atoms with E-state index in [1.54, 1.807) is 19.2 Å². The number of rotatable bonds is 7. The second kappa shape index (κ2) is 11.3. The quantitative estimate of drug-likeness (QED) is 0.377. The molecule has 1 N–H and O–H groups in total. The number of piperazine rings is 1. The molecule has 0 aromatic heterocycles. The zero-order valence-corrected chi connectivity index (χ0v) is 19.8. The molecule has 4 rings (SSSR count). The van der Waals surface area contributed by atoms with Crippen LogP contribution in [0.2, 0.25) is 0 Å². The van der Waals surface area contributed by atoms with E-state index < -0.39 is 17.6 Å². The second-order valence-corrected chi connectivity index (χ2v) is 8.42. The van der Waals surface area contributed by atoms with Crippen molar-refractivity contribution in [2.24, 2.45) is 5.10 Å². The van der Waals surface area contributed by atoms with E-state index in [0.29, 0.717) is 5.56 Å². The van der Waals surface area contributed by atoms with Crippen LogP contribution in [-0.2, 0) is 12.7 Å². The molecule has 6 nitrogen and oxygen atoms in total. The maximum absolute atomic E-state index is 13.1. The minimum Gasteiger partial charge on any atom is -0.495 e. The van der Waals surface area contributed by atoms with Crippen LogP contribution in [0.15, 0.2) is 77.9 Å². The molecule has 0 unspecified atom stereocenters. The molecule has 3 aromatic rings. The summed E-state index contributed by atoms with van der Waals surface area (Å²) in [5.74, 6) is 0.376. The molecule has 0 atom stereocenters. The van der Waals surface area contributed by atoms with Crippen LogP contribution in [0.3, 0.4) is 0 Å². The molecule has 1 aliphatic heterocycles. The first-order chi connectivity index (χ1) is 17.3. The lowest BCUT2D eigenvalue weighted by atomic mass is 10.1. The summed E-state index contributed by atoms with van der Waals surface area (Å²) in [5, 5.41) is 3.71. The van der Waals surface area contributed by atoms with Gasteiger partial charge in [0, 0.05) is 43.9 Å². The van der Waals surface area contributed by atoms with Crippen LogP contribution in [0.1, 0.15) is 27.0 Å². The first kappa shape index (κ1) is 25.2. The minimum atomic E-state index is -4.50. The van der Waals surface area contributed by atoms with Crippen molar-refractivity contribution in [3.8, 4) is 5.75 Å². The molecule has 1 amide bonds. The average molecular weight is 497 g/mol. The van der Waals surface area contributed by atoms with Gasteiger partial charge in [-0.05, 0) is 35.9 Å². The lowest BCUT2D eigenvalue weighted by molar-refractivity contribution is -0.137. The number of nitrogens with zero attached hydrogens (tertiary/aromatic N) is 3. The third-order valence-electron chi connectivity index (χ3n) is 6.06. The summed E-state index contributed by atoms with van der Waals surface area (Å²) in [6.45, 7) is 4.32. The molecular formula is C27H27F3N4O2. The molecule has 1 heterocycles. The van der Waals surface area contributed by atoms with E-state index >= 15 is 0 Å². The number of anilines is 1. The fourth-order valence-electron chi connectivity index (χ4n) is 4.15. The lowest BCUT2D eigenvalue weighted by Gasteiger charge is -2.36. The number of nitrogens with one attached hydrogen (secondary N) is 1. The van der Waals surface area contributed by atoms with Gasteiger partial charge < -0.3 is 9.64 Å². The van der Waals surface area contributed by atoms with Crippen molar-refractivity contribution >= 4 is 17.8 Å². The highest BCUT2D eigenvalue weighted by Crippen LogP contribution is 2.31. The highest BCUT2D eigenvalue weighted by molar-refractivity contribution is 5.95. The van der Waals surface area contributed by atoms with Crippen LogP contribution in [0, 0.1) is 0 Å². The number of halogens is 3. The van der Waals surface area contributed by atoms with Crippen LogP contribution in [-0.4, -0.2) is 50.3 Å². The zero-order chi connectivity index (χ0) is 25.5. The van der Waals surface area contributed by atoms with E-state index in [1.165, 1.54) is 18.2 Å². The average Bonchev–Trinajstić information content (AvgIpc) is 2.89. The third-order valence-corrected chi connectivity index (χ3v) is 6.06. The molecule has 0 saturated carbocycles. The molecule has 3 aromatic carbocycles. The summed E-state index contributed by atoms with van der Waals surface area (Å²) in [6.07, 6.45) is -3.50. The first-order valence-electron chi connectivity index (χ1n) is 11.5. The molecule has 0 aliphatic carbocycles. The Kier molecular flexibility index (Phi) is 7.90. The van der Waals surface area contributed by atoms with Crippen molar-refractivity contribution in [2.45, 2.75) is 12.7 Å². The van der Waals surface area contributed by atoms with Crippen molar-refractivity contribution in [3.05, 3.63) is 95.1 Å². The number of alkyl halides is 3. The van der Waals surface area contributed by atoms with E-state index in [-0.39, 0.29) is 5.56 Å². The number of benzene rings is 3. The second-order valence-electron chi connectivity index (χ2n) is 8.42. The molecular weight excluding hydrogens is 469 g/mol. The van der Waals surface area contributed by atoms with E-state index in [2.05, 4.69) is 26.4 Å². The van der Waals surface area contributed by atoms with E-state index in [1.807, 2.05) is 30.3 Å². The van der Waals surface area contributed by atoms with E-state index in [0.717, 1.165) is 62.0 Å². The van der Waals surface area contributed by atoms with Crippen molar-refractivity contribution in [2.75, 3.05) is 38.2 Å². The first-order valence-corrected chi connectivity index (χ1v) is 11.5. The fourth-order valence-corrected chi connectivity index (χ4v) is 4.15. The summed E-state index contributed by atoms with van der Waals surface area (Å²) in [6, 6.07) is 20.2. The number of ether oxygens (including phenoxy) is 1. The van der Waals surface area contributed by atoms with Crippen LogP contribution in [0.25, 0.3) is 0 Å². The normalized spacial score (nSPS) is 14.7. The van der Waals surface area contributed by atoms with Gasteiger partial charge in [0.1, 0.15) is 5.75 Å². The van der Waals surface area contributed by atoms with Gasteiger partial charge in [0.05, 0.1) is 24.6 Å². The predicted molar refractivity (Wildman–Crippen MR) is 133 cm³/mol. The number of hydrogen-bond donors (Lipinski definition) is 1. The maximum atomic E-state index is 13.1. The van der Waals surface area contributed by atoms with Crippen molar-refractivity contribution in [1.29, 1.82) is 0 Å². The smallest absolute Gasteiger partial charge is 0.417 e. The third kappa shape index (κ3) is 6.23. The Labute approximate surface area is 208 Å². The van der Waals surface area contributed by atoms with Gasteiger partial charge in [-0.2, -0.15) is 18.3 Å². The lowest BCUT2D eigenvalue weighted by Crippen LogP contribution is -2.46. The van der Waals surface area contributed by atoms with Crippen LogP contribution in [0.4, 0.5) is 18.9 Å². The molecule has 0 bridgehead atoms. The summed E-state index contributed by atoms with van der Waals surface area (Å²) in [4.78, 5) is 17.0. The molecule has 188 valence electrons. The number of methoxy groups -OCH3 is 1. The van der Waals surface area contributed by atoms with Crippen molar-refractivity contribution in [1.82, 2.24) is 10.3 Å². The van der Waals surface area contributed by atoms with Gasteiger partial charge in [0.2, 0.25) is 0 Å². The summed E-state index contributed by atoms with van der Waals surface area (Å²) in [5.41, 5.74) is 3.91. The summed E-state index contributed by atoms with van der Waals surface area (Å²) in [7, 11) is 1.68. The molecule has 1 fully saturated rings. The Hall–Kier alpha value is -3.85. The Bertz CT molecular complexity index is 1200. The van der Waals surface area contributed by atoms with Gasteiger partial charge in [-0.25, -0.2) is 5.43 Å². The largest absolute Gasteiger partial charge is 0.495 e. The van der Waals surface area contributed by atoms with Crippen molar-refractivity contribution < 1.29 is 22.7 Å². The summed E-state index contributed by atoms with van der Waals surface area (Å²) < 4.78 is 44.7. The Morgan fingerprint density at radius 1 is 0.972 bits per heavy atom. The van der Waals surface area contributed by atoms with Crippen LogP contribution < -0.4 is 15.1 Å². The van der Waals surface area contributed by atoms with Crippen LogP contribution >= 0.6 is 0 Å². The highest BCUT2D eigenvalue weighted by atomic mass is 19.4. The van der Waals surface area contributed by atoms with Gasteiger partial charge in [-0.3, -0.25) is 9.69 Å². The van der Waals surface area contributed by atoms with Gasteiger partial charge in [-0.15, -0.1) is 0 Å². The number of hydrogen-bond acceptors (Lipinski definition) is 5. The minimum absolute atomic E-state index is 0.119. The monoisotopic (exact) mass is 496 g/mol. The standard InChI is InChI=1S/C27H27F3N4O2/c1-36-25-9-5-4-8-24(25)34-16-14-33(15-17-34)19-20-10-12-21(13-11-20)26(35)32-31-18-22-6-2-3-7-23(22)27(28,29)30/h2-13,18H,14-17,19H2,1H3,(H,32,35)/b31-18-. The zero-order valence-electron chi connectivity index (χ0n) is 19.8. The van der Waals surface area contributed by atoms with Crippen LogP contribution in [0.5, 0.6) is 5.75 Å². The molecule has 0 radical (unpaired) electrons. The maximum Gasteiger partial charge on any atom is 0.417 e. The van der Waals surface area contributed by atoms with E-state index in [4.69, 9.17) is 4.74 Å². The number of hydrazone groups is 1. The predicted octanol–water partition coefficient (Wildman–Crippen LogP) is 4.80. The van der Waals surface area contributed by atoms with Gasteiger partial charge >= 0.3 is 6.18 Å². The number of para-hydroxylation sites is 2. The SMILES string of the molecule is COc1ccccc1N1CCN(Cc2ccc(C(=O)N/N=C\c3ccccc3C(F)(F)F)cc2)CC1. The van der Waals surface area contributed by atoms with E-state index in [9.17, 15) is 18.0 Å². The number of carbonyl (C=O) groups excluding carboxylic acids is 1. The van der Waals surface area contributed by atoms with Gasteiger partial charge in [-0.1, -0.05) is 42.5 Å². The highest BCUT2D eigenvalue weighted by Gasteiger charge is 2.32. The number of amides is 1. The molecule has 1 aliphatic rings. The summed E-state index contributed by atoms with van der Waals surface area (Å²) >= 11 is 0. The Morgan fingerprint density at radius 2 is 1.64 bits per heavy atom. The van der Waals surface area contributed by atoms with Gasteiger partial charge in [0.25, 0.3) is 5.91 Å². The molecule has 9 heteroatoms. The fraction of sp³-hybridized carbons (Fsp3) is 0.259. The topological polar surface area (TPSA) is 57.2 Å². The Balaban J connectivity index is 1.29. The molecule has 1 saturated heterocycles. The van der Waals surface area contributed by atoms with Crippen molar-refractivity contribution in [3.63, 3.8) is 0 Å².